The average molecular weight is 502 g/mol. The van der Waals surface area contributed by atoms with Crippen LogP contribution in [0.25, 0.3) is 0 Å². The summed E-state index contributed by atoms with van der Waals surface area (Å²) >= 11 is 0. The number of guanidine groups is 1. The van der Waals surface area contributed by atoms with Crippen molar-refractivity contribution < 1.29 is 19.3 Å². The number of pyridine rings is 1. The highest BCUT2D eigenvalue weighted by atomic mass is 127. The number of nitrogens with zero attached hydrogens (tertiary/aromatic N) is 2. The summed E-state index contributed by atoms with van der Waals surface area (Å²) in [6.45, 7) is 2.83. The number of halogens is 1. The average Bonchev–Trinajstić information content (AvgIpc) is 2.71. The van der Waals surface area contributed by atoms with Crippen LogP contribution >= 0.6 is 24.0 Å². The summed E-state index contributed by atoms with van der Waals surface area (Å²) in [6, 6.07) is 7.10. The Labute approximate surface area is 182 Å². The van der Waals surface area contributed by atoms with Gasteiger partial charge in [0.15, 0.2) is 17.5 Å². The van der Waals surface area contributed by atoms with Gasteiger partial charge in [0, 0.05) is 36.8 Å². The van der Waals surface area contributed by atoms with Crippen LogP contribution in [-0.4, -0.2) is 50.5 Å². The number of aliphatic imine (C=N–C) groups is 1. The number of benzene rings is 1. The van der Waals surface area contributed by atoms with Crippen LogP contribution in [0.5, 0.6) is 17.2 Å². The van der Waals surface area contributed by atoms with E-state index in [-0.39, 0.29) is 30.5 Å². The Hall–Kier alpha value is -2.27. The maximum absolute atomic E-state index is 10.3. The molecule has 28 heavy (non-hydrogen) atoms. The van der Waals surface area contributed by atoms with Crippen LogP contribution in [0.15, 0.2) is 41.7 Å². The molecule has 0 aliphatic rings. The molecular formula is C19H27IN4O4. The fraction of sp³-hybridized carbons (Fsp3) is 0.368. The van der Waals surface area contributed by atoms with E-state index < -0.39 is 6.10 Å². The number of aliphatic hydroxyl groups excluding tert-OH is 1. The molecule has 9 heteroatoms. The maximum atomic E-state index is 10.3. The van der Waals surface area contributed by atoms with Crippen molar-refractivity contribution >= 4 is 35.6 Å². The minimum atomic E-state index is -0.719. The van der Waals surface area contributed by atoms with Gasteiger partial charge >= 0.3 is 0 Å². The molecular weight excluding hydrogens is 475 g/mol. The normalized spacial score (nSPS) is 11.8. The van der Waals surface area contributed by atoms with Gasteiger partial charge in [-0.1, -0.05) is 0 Å². The second-order valence-electron chi connectivity index (χ2n) is 5.55. The van der Waals surface area contributed by atoms with Crippen LogP contribution in [-0.2, 0) is 0 Å². The third-order valence-corrected chi connectivity index (χ3v) is 3.78. The van der Waals surface area contributed by atoms with Gasteiger partial charge in [0.1, 0.15) is 0 Å². The third kappa shape index (κ3) is 6.41. The highest BCUT2D eigenvalue weighted by molar-refractivity contribution is 14.0. The zero-order valence-corrected chi connectivity index (χ0v) is 18.8. The van der Waals surface area contributed by atoms with Crippen LogP contribution in [0.1, 0.15) is 18.6 Å². The molecule has 0 saturated heterocycles. The van der Waals surface area contributed by atoms with Crippen molar-refractivity contribution in [3.8, 4) is 17.2 Å². The number of hydrogen-bond donors (Lipinski definition) is 3. The van der Waals surface area contributed by atoms with Crippen molar-refractivity contribution in [2.75, 3.05) is 39.7 Å². The van der Waals surface area contributed by atoms with E-state index >= 15 is 0 Å². The molecule has 1 aromatic carbocycles. The van der Waals surface area contributed by atoms with Crippen molar-refractivity contribution in [3.05, 3.63) is 42.2 Å². The molecule has 2 rings (SSSR count). The van der Waals surface area contributed by atoms with Crippen molar-refractivity contribution in [1.29, 1.82) is 0 Å². The van der Waals surface area contributed by atoms with Gasteiger partial charge < -0.3 is 30.0 Å². The summed E-state index contributed by atoms with van der Waals surface area (Å²) in [4.78, 5) is 8.40. The molecule has 1 heterocycles. The summed E-state index contributed by atoms with van der Waals surface area (Å²) in [7, 11) is 4.68. The number of aliphatic hydroxyl groups is 1. The molecule has 0 radical (unpaired) electrons. The lowest BCUT2D eigenvalue weighted by Crippen LogP contribution is -2.31. The number of rotatable bonds is 8. The molecule has 1 aromatic heterocycles. The SMILES string of the molecule is CCNC(=NCC(O)c1ccncc1)Nc1cc(OC)c(OC)c(OC)c1.I. The topological polar surface area (TPSA) is 97.2 Å². The first kappa shape index (κ1) is 23.8. The van der Waals surface area contributed by atoms with Crippen molar-refractivity contribution in [2.24, 2.45) is 4.99 Å². The lowest BCUT2D eigenvalue weighted by molar-refractivity contribution is 0.187. The van der Waals surface area contributed by atoms with E-state index in [0.717, 1.165) is 5.56 Å². The Kier molecular flexibility index (Phi) is 10.4. The summed E-state index contributed by atoms with van der Waals surface area (Å²) < 4.78 is 16.1. The smallest absolute Gasteiger partial charge is 0.203 e. The first-order valence-corrected chi connectivity index (χ1v) is 8.56. The highest BCUT2D eigenvalue weighted by Crippen LogP contribution is 2.39. The maximum Gasteiger partial charge on any atom is 0.203 e. The Morgan fingerprint density at radius 1 is 1.11 bits per heavy atom. The molecule has 0 saturated carbocycles. The molecule has 154 valence electrons. The number of methoxy groups -OCH3 is 3. The summed E-state index contributed by atoms with van der Waals surface area (Å²) in [5.41, 5.74) is 1.47. The fourth-order valence-electron chi connectivity index (χ4n) is 2.47. The number of ether oxygens (including phenoxy) is 3. The zero-order chi connectivity index (χ0) is 19.6. The summed E-state index contributed by atoms with van der Waals surface area (Å²) in [5.74, 6) is 2.11. The third-order valence-electron chi connectivity index (χ3n) is 3.78. The lowest BCUT2D eigenvalue weighted by Gasteiger charge is -2.17. The number of anilines is 1. The Morgan fingerprint density at radius 2 is 1.71 bits per heavy atom. The van der Waals surface area contributed by atoms with Gasteiger partial charge in [-0.15, -0.1) is 24.0 Å². The van der Waals surface area contributed by atoms with Crippen LogP contribution in [0.3, 0.4) is 0 Å². The molecule has 0 spiro atoms. The minimum Gasteiger partial charge on any atom is -0.493 e. The van der Waals surface area contributed by atoms with E-state index in [0.29, 0.717) is 35.4 Å². The van der Waals surface area contributed by atoms with Crippen LogP contribution in [0, 0.1) is 0 Å². The second-order valence-corrected chi connectivity index (χ2v) is 5.55. The molecule has 8 nitrogen and oxygen atoms in total. The van der Waals surface area contributed by atoms with E-state index in [1.54, 1.807) is 58.0 Å². The number of nitrogens with one attached hydrogen (secondary N) is 2. The quantitative estimate of drug-likeness (QED) is 0.290. The predicted octanol–water partition coefficient (Wildman–Crippen LogP) is 2.84. The van der Waals surface area contributed by atoms with Crippen molar-refractivity contribution in [2.45, 2.75) is 13.0 Å². The van der Waals surface area contributed by atoms with Crippen LogP contribution in [0.4, 0.5) is 5.69 Å². The van der Waals surface area contributed by atoms with Crippen molar-refractivity contribution in [3.63, 3.8) is 0 Å². The van der Waals surface area contributed by atoms with Gasteiger partial charge in [-0.3, -0.25) is 4.98 Å². The molecule has 2 aromatic rings. The Bertz CT molecular complexity index is 734. The van der Waals surface area contributed by atoms with Gasteiger partial charge in [-0.05, 0) is 24.6 Å². The molecule has 0 bridgehead atoms. The Morgan fingerprint density at radius 3 is 2.21 bits per heavy atom. The molecule has 1 unspecified atom stereocenters. The summed E-state index contributed by atoms with van der Waals surface area (Å²) in [6.07, 6.45) is 2.56. The molecule has 1 atom stereocenters. The van der Waals surface area contributed by atoms with E-state index in [1.165, 1.54) is 0 Å². The monoisotopic (exact) mass is 502 g/mol. The zero-order valence-electron chi connectivity index (χ0n) is 16.4. The van der Waals surface area contributed by atoms with Gasteiger partial charge in [0.05, 0.1) is 34.0 Å². The summed E-state index contributed by atoms with van der Waals surface area (Å²) in [5, 5.41) is 16.6. The number of aromatic nitrogens is 1. The molecule has 0 fully saturated rings. The van der Waals surface area contributed by atoms with Crippen molar-refractivity contribution in [1.82, 2.24) is 10.3 Å². The Balaban J connectivity index is 0.00000392. The van der Waals surface area contributed by atoms with Gasteiger partial charge in [-0.25, -0.2) is 4.99 Å². The fourth-order valence-corrected chi connectivity index (χ4v) is 2.47. The molecule has 0 aliphatic carbocycles. The van der Waals surface area contributed by atoms with E-state index in [2.05, 4.69) is 20.6 Å². The molecule has 3 N–H and O–H groups in total. The highest BCUT2D eigenvalue weighted by Gasteiger charge is 2.14. The van der Waals surface area contributed by atoms with Gasteiger partial charge in [0.2, 0.25) is 5.75 Å². The van der Waals surface area contributed by atoms with Crippen LogP contribution < -0.4 is 24.8 Å². The molecule has 0 aliphatic heterocycles. The van der Waals surface area contributed by atoms with E-state index in [9.17, 15) is 5.11 Å². The van der Waals surface area contributed by atoms with Gasteiger partial charge in [0.25, 0.3) is 0 Å². The molecule has 0 amide bonds. The second kappa shape index (κ2) is 12.2. The minimum absolute atomic E-state index is 0. The largest absolute Gasteiger partial charge is 0.493 e. The van der Waals surface area contributed by atoms with E-state index in [1.807, 2.05) is 6.92 Å². The first-order chi connectivity index (χ1) is 13.1. The standard InChI is InChI=1S/C19H26N4O4.HI/c1-5-21-19(22-12-15(24)13-6-8-20-9-7-13)23-14-10-16(25-2)18(27-4)17(11-14)26-3;/h6-11,15,24H,5,12H2,1-4H3,(H2,21,22,23);1H. The van der Waals surface area contributed by atoms with Crippen LogP contribution in [0.2, 0.25) is 0 Å². The number of hydrogen-bond acceptors (Lipinski definition) is 6. The van der Waals surface area contributed by atoms with E-state index in [4.69, 9.17) is 14.2 Å². The lowest BCUT2D eigenvalue weighted by atomic mass is 10.1. The first-order valence-electron chi connectivity index (χ1n) is 8.56. The van der Waals surface area contributed by atoms with Gasteiger partial charge in [-0.2, -0.15) is 0 Å². The predicted molar refractivity (Wildman–Crippen MR) is 120 cm³/mol.